The molecule has 0 saturated carbocycles. The Morgan fingerprint density at radius 2 is 1.55 bits per heavy atom. The van der Waals surface area contributed by atoms with Gasteiger partial charge in [-0.25, -0.2) is 0 Å². The van der Waals surface area contributed by atoms with Crippen LogP contribution in [0.4, 0.5) is 0 Å². The summed E-state index contributed by atoms with van der Waals surface area (Å²) in [5.74, 6) is 2.02. The third-order valence-corrected chi connectivity index (χ3v) is 5.92. The van der Waals surface area contributed by atoms with Crippen molar-refractivity contribution >= 4 is 22.3 Å². The molecule has 0 aromatic heterocycles. The van der Waals surface area contributed by atoms with Crippen molar-refractivity contribution in [3.63, 3.8) is 0 Å². The Kier molecular flexibility index (Phi) is 4.68. The molecule has 0 amide bonds. The quantitative estimate of drug-likeness (QED) is 0.311. The first kappa shape index (κ1) is 18.9. The minimum Gasteiger partial charge on any atom is -0.293 e. The zero-order chi connectivity index (χ0) is 20.6. The molecular weight excluding hydrogens is 356 g/mol. The van der Waals surface area contributed by atoms with Crippen molar-refractivity contribution in [3.05, 3.63) is 95.6 Å². The predicted octanol–water partition coefficient (Wildman–Crippen LogP) is 5.98. The number of carbonyl (C=O) groups excluding carboxylic acids is 2. The van der Waals surface area contributed by atoms with Crippen LogP contribution >= 0.6 is 0 Å². The number of ketones is 2. The molecular formula is C27H22O2. The van der Waals surface area contributed by atoms with Gasteiger partial charge in [-0.05, 0) is 29.7 Å². The molecule has 4 rings (SSSR count). The maximum absolute atomic E-state index is 13.8. The van der Waals surface area contributed by atoms with Crippen molar-refractivity contribution in [1.29, 1.82) is 0 Å². The zero-order valence-corrected chi connectivity index (χ0v) is 16.4. The molecule has 0 spiro atoms. The average molecular weight is 378 g/mol. The lowest BCUT2D eigenvalue weighted by molar-refractivity contribution is 0.0650. The highest BCUT2D eigenvalue weighted by Gasteiger charge is 2.57. The summed E-state index contributed by atoms with van der Waals surface area (Å²) < 4.78 is 0. The minimum absolute atomic E-state index is 0.144. The van der Waals surface area contributed by atoms with Crippen LogP contribution in [-0.4, -0.2) is 11.6 Å². The molecule has 0 bridgehead atoms. The van der Waals surface area contributed by atoms with Gasteiger partial charge in [-0.1, -0.05) is 72.3 Å². The van der Waals surface area contributed by atoms with Crippen LogP contribution in [0.25, 0.3) is 10.8 Å². The molecule has 1 unspecified atom stereocenters. The molecule has 0 fully saturated rings. The highest BCUT2D eigenvalue weighted by atomic mass is 16.2. The van der Waals surface area contributed by atoms with E-state index in [2.05, 4.69) is 12.5 Å². The van der Waals surface area contributed by atoms with Crippen LogP contribution in [0.1, 0.15) is 52.0 Å². The van der Waals surface area contributed by atoms with Gasteiger partial charge in [0.05, 0.1) is 0 Å². The van der Waals surface area contributed by atoms with Gasteiger partial charge in [0, 0.05) is 23.5 Å². The molecule has 0 N–H and O–H groups in total. The largest absolute Gasteiger partial charge is 0.293 e. The van der Waals surface area contributed by atoms with Gasteiger partial charge in [0.2, 0.25) is 0 Å². The maximum atomic E-state index is 13.8. The molecule has 1 atom stereocenters. The van der Waals surface area contributed by atoms with Crippen LogP contribution in [0.2, 0.25) is 0 Å². The maximum Gasteiger partial charge on any atom is 0.178 e. The first-order valence-electron chi connectivity index (χ1n) is 9.75. The van der Waals surface area contributed by atoms with Crippen molar-refractivity contribution in [2.75, 3.05) is 0 Å². The lowest BCUT2D eigenvalue weighted by atomic mass is 9.63. The summed E-state index contributed by atoms with van der Waals surface area (Å²) in [6.45, 7) is 5.90. The molecule has 1 aliphatic carbocycles. The number of rotatable bonds is 5. The van der Waals surface area contributed by atoms with E-state index in [9.17, 15) is 9.59 Å². The second kappa shape index (κ2) is 7.18. The number of hydrogen-bond donors (Lipinski definition) is 0. The highest BCUT2D eigenvalue weighted by molar-refractivity contribution is 6.30. The fourth-order valence-electron chi connectivity index (χ4n) is 4.76. The van der Waals surface area contributed by atoms with E-state index in [0.717, 1.165) is 21.9 Å². The molecule has 3 aromatic rings. The number of benzene rings is 3. The first-order chi connectivity index (χ1) is 14.0. The van der Waals surface area contributed by atoms with Gasteiger partial charge < -0.3 is 0 Å². The van der Waals surface area contributed by atoms with Crippen LogP contribution in [-0.2, 0) is 0 Å². The molecule has 29 heavy (non-hydrogen) atoms. The van der Waals surface area contributed by atoms with Crippen molar-refractivity contribution in [1.82, 2.24) is 0 Å². The summed E-state index contributed by atoms with van der Waals surface area (Å²) in [6.07, 6.45) is 6.35. The highest BCUT2D eigenvalue weighted by Crippen LogP contribution is 2.52. The van der Waals surface area contributed by atoms with Gasteiger partial charge in [0.15, 0.2) is 11.6 Å². The molecule has 2 heteroatoms. The summed E-state index contributed by atoms with van der Waals surface area (Å²) in [6, 6.07) is 21.1. The SMILES string of the molecule is C#CCC(c1cccc2ccccc12)C1(CC(=C)C)C(=O)c2ccccc2C1=O. The average Bonchev–Trinajstić information content (AvgIpc) is 2.94. The van der Waals surface area contributed by atoms with Crippen molar-refractivity contribution < 1.29 is 9.59 Å². The van der Waals surface area contributed by atoms with Crippen molar-refractivity contribution in [3.8, 4) is 12.3 Å². The molecule has 1 aliphatic rings. The summed E-state index contributed by atoms with van der Waals surface area (Å²) in [7, 11) is 0. The van der Waals surface area contributed by atoms with E-state index >= 15 is 0 Å². The molecule has 0 saturated heterocycles. The van der Waals surface area contributed by atoms with Crippen LogP contribution in [0.15, 0.2) is 78.9 Å². The summed E-state index contributed by atoms with van der Waals surface area (Å²) >= 11 is 0. The minimum atomic E-state index is -1.26. The molecule has 0 radical (unpaired) electrons. The van der Waals surface area contributed by atoms with Gasteiger partial charge in [-0.2, -0.15) is 0 Å². The van der Waals surface area contributed by atoms with E-state index in [1.165, 1.54) is 0 Å². The molecule has 142 valence electrons. The Labute approximate surface area is 171 Å². The Morgan fingerprint density at radius 1 is 0.966 bits per heavy atom. The van der Waals surface area contributed by atoms with E-state index in [1.807, 2.05) is 49.4 Å². The summed E-state index contributed by atoms with van der Waals surface area (Å²) in [5.41, 5.74) is 1.45. The fraction of sp³-hybridized carbons (Fsp3) is 0.185. The monoisotopic (exact) mass is 378 g/mol. The van der Waals surface area contributed by atoms with E-state index < -0.39 is 11.3 Å². The molecule has 3 aromatic carbocycles. The Bertz CT molecular complexity index is 1150. The lowest BCUT2D eigenvalue weighted by Crippen LogP contribution is -2.40. The molecule has 0 aliphatic heterocycles. The van der Waals surface area contributed by atoms with E-state index in [4.69, 9.17) is 6.42 Å². The Morgan fingerprint density at radius 3 is 2.17 bits per heavy atom. The van der Waals surface area contributed by atoms with Gasteiger partial charge in [-0.15, -0.1) is 18.9 Å². The standard InChI is InChI=1S/C27H22O2/c1-4-10-24(21-16-9-12-19-11-5-6-13-20(19)21)27(17-18(2)3)25(28)22-14-7-8-15-23(22)26(27)29/h1,5-9,11-16,24H,2,10,17H2,3H3. The number of fused-ring (bicyclic) bond motifs is 2. The smallest absolute Gasteiger partial charge is 0.178 e. The fourth-order valence-corrected chi connectivity index (χ4v) is 4.76. The van der Waals surface area contributed by atoms with Crippen molar-refractivity contribution in [2.24, 2.45) is 5.41 Å². The summed E-state index contributed by atoms with van der Waals surface area (Å²) in [4.78, 5) is 27.5. The number of hydrogen-bond acceptors (Lipinski definition) is 2. The first-order valence-corrected chi connectivity index (χ1v) is 9.75. The Balaban J connectivity index is 2.01. The number of terminal acetylenes is 1. The van der Waals surface area contributed by atoms with Gasteiger partial charge in [-0.3, -0.25) is 9.59 Å². The van der Waals surface area contributed by atoms with Gasteiger partial charge in [0.1, 0.15) is 5.41 Å². The van der Waals surface area contributed by atoms with E-state index in [-0.39, 0.29) is 18.0 Å². The van der Waals surface area contributed by atoms with Gasteiger partial charge >= 0.3 is 0 Å². The van der Waals surface area contributed by atoms with Gasteiger partial charge in [0.25, 0.3) is 0 Å². The Hall–Kier alpha value is -3.44. The number of carbonyl (C=O) groups is 2. The summed E-state index contributed by atoms with van der Waals surface area (Å²) in [5, 5.41) is 2.08. The zero-order valence-electron chi connectivity index (χ0n) is 16.4. The third-order valence-electron chi connectivity index (χ3n) is 5.92. The number of Topliss-reactive ketones (excluding diaryl/α,β-unsaturated/α-hetero) is 2. The van der Waals surface area contributed by atoms with Crippen LogP contribution in [0.5, 0.6) is 0 Å². The van der Waals surface area contributed by atoms with E-state index in [1.54, 1.807) is 24.3 Å². The van der Waals surface area contributed by atoms with Crippen molar-refractivity contribution in [2.45, 2.75) is 25.7 Å². The van der Waals surface area contributed by atoms with Crippen LogP contribution < -0.4 is 0 Å². The topological polar surface area (TPSA) is 34.1 Å². The molecule has 2 nitrogen and oxygen atoms in total. The number of allylic oxidation sites excluding steroid dienone is 1. The second-order valence-electron chi connectivity index (χ2n) is 7.84. The third kappa shape index (κ3) is 2.82. The lowest BCUT2D eigenvalue weighted by Gasteiger charge is -2.35. The van der Waals surface area contributed by atoms with E-state index in [0.29, 0.717) is 17.5 Å². The van der Waals surface area contributed by atoms with Crippen LogP contribution in [0.3, 0.4) is 0 Å². The second-order valence-corrected chi connectivity index (χ2v) is 7.84. The predicted molar refractivity (Wildman–Crippen MR) is 117 cm³/mol. The molecule has 0 heterocycles. The normalized spacial score (nSPS) is 15.7. The van der Waals surface area contributed by atoms with Crippen LogP contribution in [0, 0.1) is 17.8 Å².